The lowest BCUT2D eigenvalue weighted by atomic mass is 10.4. The van der Waals surface area contributed by atoms with Crippen LogP contribution in [0.1, 0.15) is 12.1 Å². The predicted molar refractivity (Wildman–Crippen MR) is 60.4 cm³/mol. The Morgan fingerprint density at radius 3 is 3.07 bits per heavy atom. The molecule has 15 heavy (non-hydrogen) atoms. The molecule has 2 N–H and O–H groups in total. The van der Waals surface area contributed by atoms with Crippen molar-refractivity contribution >= 4 is 22.5 Å². The Labute approximate surface area is 92.9 Å². The van der Waals surface area contributed by atoms with E-state index in [0.717, 1.165) is 12.1 Å². The van der Waals surface area contributed by atoms with E-state index in [0.29, 0.717) is 18.3 Å². The van der Waals surface area contributed by atoms with Gasteiger partial charge in [-0.25, -0.2) is 9.78 Å². The summed E-state index contributed by atoms with van der Waals surface area (Å²) in [4.78, 5) is 15.4. The van der Waals surface area contributed by atoms with Crippen LogP contribution in [0.25, 0.3) is 0 Å². The van der Waals surface area contributed by atoms with Crippen LogP contribution in [0, 0.1) is 6.92 Å². The number of urea groups is 1. The minimum absolute atomic E-state index is 0.222. The minimum Gasteiger partial charge on any atom is -0.385 e. The van der Waals surface area contributed by atoms with Gasteiger partial charge in [0.05, 0.1) is 5.69 Å². The van der Waals surface area contributed by atoms with Crippen molar-refractivity contribution in [3.05, 3.63) is 11.1 Å². The standard InChI is InChI=1S/C9H15N3O2S/c1-7-6-15-9(11-7)12-8(13)10-4-3-5-14-2/h6H,3-5H2,1-2H3,(H2,10,11,12,13). The molecule has 0 aliphatic heterocycles. The second-order valence-electron chi connectivity index (χ2n) is 3.02. The Morgan fingerprint density at radius 1 is 1.67 bits per heavy atom. The molecule has 0 aromatic carbocycles. The smallest absolute Gasteiger partial charge is 0.321 e. The normalized spacial score (nSPS) is 10.0. The van der Waals surface area contributed by atoms with Crippen molar-refractivity contribution in [2.75, 3.05) is 25.6 Å². The number of aryl methyl sites for hydroxylation is 1. The third-order valence-electron chi connectivity index (χ3n) is 1.65. The van der Waals surface area contributed by atoms with Gasteiger partial charge in [-0.15, -0.1) is 11.3 Å². The van der Waals surface area contributed by atoms with E-state index in [2.05, 4.69) is 15.6 Å². The van der Waals surface area contributed by atoms with Gasteiger partial charge >= 0.3 is 6.03 Å². The second-order valence-corrected chi connectivity index (χ2v) is 3.88. The first-order valence-electron chi connectivity index (χ1n) is 4.68. The Bertz CT molecular complexity index is 314. The highest BCUT2D eigenvalue weighted by Crippen LogP contribution is 2.13. The summed E-state index contributed by atoms with van der Waals surface area (Å²) >= 11 is 1.41. The molecule has 0 saturated carbocycles. The van der Waals surface area contributed by atoms with E-state index in [9.17, 15) is 4.79 Å². The van der Waals surface area contributed by atoms with Crippen LogP contribution in [0.3, 0.4) is 0 Å². The van der Waals surface area contributed by atoms with Gasteiger partial charge in [-0.2, -0.15) is 0 Å². The van der Waals surface area contributed by atoms with E-state index < -0.39 is 0 Å². The van der Waals surface area contributed by atoms with Crippen molar-refractivity contribution in [1.29, 1.82) is 0 Å². The Kier molecular flexibility index (Phi) is 5.06. The zero-order valence-electron chi connectivity index (χ0n) is 8.87. The highest BCUT2D eigenvalue weighted by atomic mass is 32.1. The average molecular weight is 229 g/mol. The molecule has 6 heteroatoms. The van der Waals surface area contributed by atoms with Crippen molar-refractivity contribution in [3.8, 4) is 0 Å². The zero-order valence-corrected chi connectivity index (χ0v) is 9.69. The molecule has 0 saturated heterocycles. The van der Waals surface area contributed by atoms with Crippen molar-refractivity contribution < 1.29 is 9.53 Å². The number of rotatable bonds is 5. The summed E-state index contributed by atoms with van der Waals surface area (Å²) in [6, 6.07) is -0.222. The van der Waals surface area contributed by atoms with E-state index in [1.165, 1.54) is 11.3 Å². The molecule has 2 amide bonds. The van der Waals surface area contributed by atoms with Crippen molar-refractivity contribution in [2.45, 2.75) is 13.3 Å². The van der Waals surface area contributed by atoms with Gasteiger partial charge in [-0.05, 0) is 13.3 Å². The average Bonchev–Trinajstić information content (AvgIpc) is 2.59. The van der Waals surface area contributed by atoms with Crippen molar-refractivity contribution in [1.82, 2.24) is 10.3 Å². The van der Waals surface area contributed by atoms with Crippen LogP contribution < -0.4 is 10.6 Å². The number of anilines is 1. The molecule has 1 heterocycles. The molecule has 0 spiro atoms. The molecule has 1 aromatic rings. The molecule has 5 nitrogen and oxygen atoms in total. The highest BCUT2D eigenvalue weighted by molar-refractivity contribution is 7.13. The van der Waals surface area contributed by atoms with Crippen LogP contribution in [0.2, 0.25) is 0 Å². The first kappa shape index (κ1) is 11.9. The van der Waals surface area contributed by atoms with E-state index in [4.69, 9.17) is 4.74 Å². The maximum Gasteiger partial charge on any atom is 0.321 e. The number of amides is 2. The molecular formula is C9H15N3O2S. The van der Waals surface area contributed by atoms with Crippen LogP contribution >= 0.6 is 11.3 Å². The van der Waals surface area contributed by atoms with Crippen molar-refractivity contribution in [3.63, 3.8) is 0 Å². The number of thiazole rings is 1. The summed E-state index contributed by atoms with van der Waals surface area (Å²) in [6.45, 7) is 3.14. The minimum atomic E-state index is -0.222. The maximum atomic E-state index is 11.3. The quantitative estimate of drug-likeness (QED) is 0.754. The fourth-order valence-corrected chi connectivity index (χ4v) is 1.65. The van der Waals surface area contributed by atoms with Crippen LogP contribution in [-0.4, -0.2) is 31.3 Å². The number of carbonyl (C=O) groups is 1. The monoisotopic (exact) mass is 229 g/mol. The van der Waals surface area contributed by atoms with Crippen LogP contribution in [0.15, 0.2) is 5.38 Å². The Morgan fingerprint density at radius 2 is 2.47 bits per heavy atom. The van der Waals surface area contributed by atoms with Gasteiger partial charge in [0.15, 0.2) is 5.13 Å². The van der Waals surface area contributed by atoms with Crippen molar-refractivity contribution in [2.24, 2.45) is 0 Å². The first-order valence-corrected chi connectivity index (χ1v) is 5.56. The van der Waals surface area contributed by atoms with Crippen LogP contribution in [-0.2, 0) is 4.74 Å². The van der Waals surface area contributed by atoms with E-state index >= 15 is 0 Å². The fraction of sp³-hybridized carbons (Fsp3) is 0.556. The number of nitrogens with one attached hydrogen (secondary N) is 2. The van der Waals surface area contributed by atoms with Gasteiger partial charge in [-0.1, -0.05) is 0 Å². The number of carbonyl (C=O) groups excluding carboxylic acids is 1. The van der Waals surface area contributed by atoms with Gasteiger partial charge in [0.25, 0.3) is 0 Å². The van der Waals surface area contributed by atoms with Gasteiger partial charge in [0, 0.05) is 25.6 Å². The summed E-state index contributed by atoms with van der Waals surface area (Å²) in [5.41, 5.74) is 0.912. The maximum absolute atomic E-state index is 11.3. The summed E-state index contributed by atoms with van der Waals surface area (Å²) < 4.78 is 4.86. The highest BCUT2D eigenvalue weighted by Gasteiger charge is 2.03. The molecule has 0 aliphatic rings. The molecule has 0 aliphatic carbocycles. The second kappa shape index (κ2) is 6.36. The Hall–Kier alpha value is -1.14. The molecule has 0 bridgehead atoms. The summed E-state index contributed by atoms with van der Waals surface area (Å²) in [6.07, 6.45) is 0.806. The van der Waals surface area contributed by atoms with E-state index in [1.807, 2.05) is 12.3 Å². The molecule has 0 unspecified atom stereocenters. The topological polar surface area (TPSA) is 63.2 Å². The fourth-order valence-electron chi connectivity index (χ4n) is 0.971. The number of ether oxygens (including phenoxy) is 1. The lowest BCUT2D eigenvalue weighted by Gasteiger charge is -2.04. The molecule has 0 radical (unpaired) electrons. The predicted octanol–water partition coefficient (Wildman–Crippen LogP) is 1.61. The summed E-state index contributed by atoms with van der Waals surface area (Å²) in [7, 11) is 1.64. The summed E-state index contributed by atoms with van der Waals surface area (Å²) in [5, 5.41) is 7.88. The zero-order chi connectivity index (χ0) is 11.1. The van der Waals surface area contributed by atoms with Crippen LogP contribution in [0.4, 0.5) is 9.93 Å². The van der Waals surface area contributed by atoms with E-state index in [1.54, 1.807) is 7.11 Å². The number of hydrogen-bond acceptors (Lipinski definition) is 4. The van der Waals surface area contributed by atoms with Gasteiger partial charge in [-0.3, -0.25) is 5.32 Å². The third-order valence-corrected chi connectivity index (χ3v) is 2.53. The number of methoxy groups -OCH3 is 1. The lowest BCUT2D eigenvalue weighted by Crippen LogP contribution is -2.29. The lowest BCUT2D eigenvalue weighted by molar-refractivity contribution is 0.194. The van der Waals surface area contributed by atoms with Gasteiger partial charge in [0.1, 0.15) is 0 Å². The number of aromatic nitrogens is 1. The molecular weight excluding hydrogens is 214 g/mol. The Balaban J connectivity index is 2.18. The molecule has 84 valence electrons. The van der Waals surface area contributed by atoms with Gasteiger partial charge in [0.2, 0.25) is 0 Å². The molecule has 1 aromatic heterocycles. The largest absolute Gasteiger partial charge is 0.385 e. The first-order chi connectivity index (χ1) is 7.22. The molecule has 0 fully saturated rings. The third kappa shape index (κ3) is 4.75. The van der Waals surface area contributed by atoms with E-state index in [-0.39, 0.29) is 6.03 Å². The van der Waals surface area contributed by atoms with Crippen LogP contribution in [0.5, 0.6) is 0 Å². The summed E-state index contributed by atoms with van der Waals surface area (Å²) in [5.74, 6) is 0. The molecule has 0 atom stereocenters. The number of hydrogen-bond donors (Lipinski definition) is 2. The SMILES string of the molecule is COCCCNC(=O)Nc1nc(C)cs1. The number of nitrogens with zero attached hydrogens (tertiary/aromatic N) is 1. The van der Waals surface area contributed by atoms with Gasteiger partial charge < -0.3 is 10.1 Å². The molecule has 1 rings (SSSR count).